The maximum absolute atomic E-state index is 14.0. The van der Waals surface area contributed by atoms with E-state index in [0.29, 0.717) is 11.0 Å². The number of carboxylic acid groups (broad SMARTS) is 1. The number of aliphatic carboxylic acids is 1. The lowest BCUT2D eigenvalue weighted by atomic mass is 10.2. The normalized spacial score (nSPS) is 11.0. The Morgan fingerprint density at radius 1 is 1.09 bits per heavy atom. The highest BCUT2D eigenvalue weighted by molar-refractivity contribution is 5.82. The van der Waals surface area contributed by atoms with Gasteiger partial charge in [0.1, 0.15) is 12.4 Å². The second-order valence-electron chi connectivity index (χ2n) is 4.63. The second-order valence-corrected chi connectivity index (χ2v) is 4.63. The Morgan fingerprint density at radius 2 is 1.82 bits per heavy atom. The lowest BCUT2D eigenvalue weighted by Gasteiger charge is -2.08. The molecule has 0 amide bonds. The standard InChI is InChI=1S/C15H9F3N2O2/c16-9-6-5-8(13(17)14(9)18)15-19-10-3-1-2-4-11(10)20(15)7-12(21)22/h1-6H,7H2,(H,21,22). The SMILES string of the molecule is O=C(O)Cn1c(-c2ccc(F)c(F)c2F)nc2ccccc21. The van der Waals surface area contributed by atoms with Crippen LogP contribution in [0.2, 0.25) is 0 Å². The van der Waals surface area contributed by atoms with Gasteiger partial charge in [0, 0.05) is 0 Å². The van der Waals surface area contributed by atoms with Crippen LogP contribution in [0.25, 0.3) is 22.4 Å². The van der Waals surface area contributed by atoms with Crippen molar-refractivity contribution in [3.63, 3.8) is 0 Å². The Bertz CT molecular complexity index is 890. The highest BCUT2D eigenvalue weighted by atomic mass is 19.2. The van der Waals surface area contributed by atoms with E-state index in [1.165, 1.54) is 4.57 Å². The Labute approximate surface area is 122 Å². The molecule has 0 spiro atoms. The highest BCUT2D eigenvalue weighted by Crippen LogP contribution is 2.28. The van der Waals surface area contributed by atoms with Gasteiger partial charge in [-0.2, -0.15) is 0 Å². The number of halogens is 3. The second kappa shape index (κ2) is 5.18. The van der Waals surface area contributed by atoms with Crippen molar-refractivity contribution in [1.29, 1.82) is 0 Å². The zero-order chi connectivity index (χ0) is 15.9. The van der Waals surface area contributed by atoms with Crippen molar-refractivity contribution in [3.8, 4) is 11.4 Å². The molecule has 0 unspecified atom stereocenters. The smallest absolute Gasteiger partial charge is 0.323 e. The molecule has 1 heterocycles. The first-order chi connectivity index (χ1) is 10.5. The van der Waals surface area contributed by atoms with Gasteiger partial charge in [0.2, 0.25) is 0 Å². The maximum Gasteiger partial charge on any atom is 0.323 e. The van der Waals surface area contributed by atoms with E-state index < -0.39 is 30.0 Å². The molecule has 0 aliphatic carbocycles. The summed E-state index contributed by atoms with van der Waals surface area (Å²) in [6.45, 7) is -0.478. The number of rotatable bonds is 3. The van der Waals surface area contributed by atoms with Crippen LogP contribution in [-0.4, -0.2) is 20.6 Å². The molecule has 4 nitrogen and oxygen atoms in total. The van der Waals surface area contributed by atoms with E-state index in [4.69, 9.17) is 5.11 Å². The molecule has 0 fully saturated rings. The summed E-state index contributed by atoms with van der Waals surface area (Å²) in [5.74, 6) is -5.57. The average molecular weight is 306 g/mol. The van der Waals surface area contributed by atoms with Crippen LogP contribution in [0.1, 0.15) is 0 Å². The molecule has 0 saturated heterocycles. The molecule has 1 aromatic heterocycles. The number of nitrogens with zero attached hydrogens (tertiary/aromatic N) is 2. The summed E-state index contributed by atoms with van der Waals surface area (Å²) in [7, 11) is 0. The van der Waals surface area contributed by atoms with Crippen LogP contribution in [0, 0.1) is 17.5 Å². The summed E-state index contributed by atoms with van der Waals surface area (Å²) in [5.41, 5.74) is 0.600. The van der Waals surface area contributed by atoms with Crippen LogP contribution in [-0.2, 0) is 11.3 Å². The molecule has 3 aromatic rings. The van der Waals surface area contributed by atoms with Crippen LogP contribution >= 0.6 is 0 Å². The van der Waals surface area contributed by atoms with Gasteiger partial charge in [-0.25, -0.2) is 18.2 Å². The van der Waals surface area contributed by atoms with Crippen molar-refractivity contribution >= 4 is 17.0 Å². The van der Waals surface area contributed by atoms with Gasteiger partial charge < -0.3 is 9.67 Å². The molecular weight excluding hydrogens is 297 g/mol. The van der Waals surface area contributed by atoms with Gasteiger partial charge in [-0.3, -0.25) is 4.79 Å². The summed E-state index contributed by atoms with van der Waals surface area (Å²) in [6.07, 6.45) is 0. The lowest BCUT2D eigenvalue weighted by molar-refractivity contribution is -0.137. The van der Waals surface area contributed by atoms with Crippen molar-refractivity contribution in [2.75, 3.05) is 0 Å². The molecule has 0 saturated carbocycles. The molecular formula is C15H9F3N2O2. The van der Waals surface area contributed by atoms with E-state index in [1.807, 2.05) is 0 Å². The fraction of sp³-hybridized carbons (Fsp3) is 0.0667. The fourth-order valence-electron chi connectivity index (χ4n) is 2.28. The zero-order valence-electron chi connectivity index (χ0n) is 11.1. The number of carbonyl (C=O) groups is 1. The average Bonchev–Trinajstić information content (AvgIpc) is 2.83. The number of para-hydroxylation sites is 2. The van der Waals surface area contributed by atoms with Crippen molar-refractivity contribution in [2.45, 2.75) is 6.54 Å². The van der Waals surface area contributed by atoms with Crippen LogP contribution < -0.4 is 0 Å². The van der Waals surface area contributed by atoms with Crippen molar-refractivity contribution < 1.29 is 23.1 Å². The number of hydrogen-bond acceptors (Lipinski definition) is 2. The summed E-state index contributed by atoms with van der Waals surface area (Å²) in [5, 5.41) is 9.01. The Balaban J connectivity index is 2.31. The Hall–Kier alpha value is -2.83. The third kappa shape index (κ3) is 2.20. The predicted molar refractivity (Wildman–Crippen MR) is 72.7 cm³/mol. The quantitative estimate of drug-likeness (QED) is 0.756. The van der Waals surface area contributed by atoms with Crippen LogP contribution in [0.5, 0.6) is 0 Å². The predicted octanol–water partition coefficient (Wildman–Crippen LogP) is 3.21. The fourth-order valence-corrected chi connectivity index (χ4v) is 2.28. The van der Waals surface area contributed by atoms with Crippen molar-refractivity contribution in [3.05, 3.63) is 53.8 Å². The van der Waals surface area contributed by atoms with Gasteiger partial charge in [0.15, 0.2) is 17.5 Å². The van der Waals surface area contributed by atoms with Crippen LogP contribution in [0.3, 0.4) is 0 Å². The van der Waals surface area contributed by atoms with E-state index in [9.17, 15) is 18.0 Å². The highest BCUT2D eigenvalue weighted by Gasteiger charge is 2.21. The van der Waals surface area contributed by atoms with Gasteiger partial charge >= 0.3 is 5.97 Å². The first-order valence-corrected chi connectivity index (χ1v) is 6.30. The van der Waals surface area contributed by atoms with E-state index in [1.54, 1.807) is 24.3 Å². The van der Waals surface area contributed by atoms with Gasteiger partial charge in [-0.15, -0.1) is 0 Å². The molecule has 112 valence electrons. The van der Waals surface area contributed by atoms with E-state index >= 15 is 0 Å². The number of benzene rings is 2. The number of imidazole rings is 1. The molecule has 0 atom stereocenters. The van der Waals surface area contributed by atoms with Gasteiger partial charge in [-0.05, 0) is 24.3 Å². The molecule has 0 bridgehead atoms. The molecule has 22 heavy (non-hydrogen) atoms. The molecule has 0 aliphatic heterocycles. The Morgan fingerprint density at radius 3 is 2.55 bits per heavy atom. The van der Waals surface area contributed by atoms with Crippen molar-refractivity contribution in [1.82, 2.24) is 9.55 Å². The summed E-state index contributed by atoms with van der Waals surface area (Å²) >= 11 is 0. The number of hydrogen-bond donors (Lipinski definition) is 1. The third-order valence-corrected chi connectivity index (χ3v) is 3.22. The van der Waals surface area contributed by atoms with E-state index in [-0.39, 0.29) is 11.4 Å². The lowest BCUT2D eigenvalue weighted by Crippen LogP contribution is -2.10. The molecule has 0 radical (unpaired) electrons. The summed E-state index contributed by atoms with van der Waals surface area (Å²) < 4.78 is 41.7. The molecule has 3 rings (SSSR count). The Kier molecular flexibility index (Phi) is 3.32. The third-order valence-electron chi connectivity index (χ3n) is 3.22. The summed E-state index contributed by atoms with van der Waals surface area (Å²) in [4.78, 5) is 15.2. The van der Waals surface area contributed by atoms with E-state index in [0.717, 1.165) is 12.1 Å². The molecule has 1 N–H and O–H groups in total. The number of aromatic nitrogens is 2. The topological polar surface area (TPSA) is 55.1 Å². The number of carboxylic acids is 1. The van der Waals surface area contributed by atoms with Gasteiger partial charge in [0.25, 0.3) is 0 Å². The molecule has 2 aromatic carbocycles. The summed E-state index contributed by atoms with van der Waals surface area (Å²) in [6, 6.07) is 8.41. The first-order valence-electron chi connectivity index (χ1n) is 6.30. The maximum atomic E-state index is 14.0. The van der Waals surface area contributed by atoms with E-state index in [2.05, 4.69) is 4.98 Å². The number of fused-ring (bicyclic) bond motifs is 1. The largest absolute Gasteiger partial charge is 0.480 e. The minimum atomic E-state index is -1.62. The minimum absolute atomic E-state index is 0.0694. The first kappa shape index (κ1) is 14.1. The van der Waals surface area contributed by atoms with Crippen LogP contribution in [0.4, 0.5) is 13.2 Å². The van der Waals surface area contributed by atoms with Gasteiger partial charge in [0.05, 0.1) is 16.6 Å². The molecule has 0 aliphatic rings. The zero-order valence-corrected chi connectivity index (χ0v) is 11.1. The van der Waals surface area contributed by atoms with Gasteiger partial charge in [-0.1, -0.05) is 12.1 Å². The van der Waals surface area contributed by atoms with Crippen molar-refractivity contribution in [2.24, 2.45) is 0 Å². The molecule has 7 heteroatoms. The van der Waals surface area contributed by atoms with Crippen LogP contribution in [0.15, 0.2) is 36.4 Å². The monoisotopic (exact) mass is 306 g/mol. The minimum Gasteiger partial charge on any atom is -0.480 e.